The van der Waals surface area contributed by atoms with Crippen molar-refractivity contribution in [1.82, 2.24) is 0 Å². The van der Waals surface area contributed by atoms with Gasteiger partial charge in [-0.05, 0) is 51.7 Å². The van der Waals surface area contributed by atoms with Gasteiger partial charge in [-0.2, -0.15) is 10.5 Å². The molecule has 2 aromatic heterocycles. The second-order valence-electron chi connectivity index (χ2n) is 5.84. The molecule has 0 spiro atoms. The Bertz CT molecular complexity index is 821. The van der Waals surface area contributed by atoms with Crippen LogP contribution in [0.25, 0.3) is 11.1 Å². The van der Waals surface area contributed by atoms with Gasteiger partial charge in [0.25, 0.3) is 0 Å². The molecule has 0 aliphatic carbocycles. The minimum absolute atomic E-state index is 0.534. The van der Waals surface area contributed by atoms with Crippen molar-refractivity contribution in [2.75, 3.05) is 0 Å². The molecule has 2 heterocycles. The molecule has 24 heavy (non-hydrogen) atoms. The molecule has 0 radical (unpaired) electrons. The minimum atomic E-state index is 0.534. The summed E-state index contributed by atoms with van der Waals surface area (Å²) in [7, 11) is 0. The first-order valence-corrected chi connectivity index (χ1v) is 9.77. The summed E-state index contributed by atoms with van der Waals surface area (Å²) in [6.07, 6.45) is 1.75. The number of nitrogens with zero attached hydrogens (tertiary/aromatic N) is 2. The zero-order chi connectivity index (χ0) is 18.0. The van der Waals surface area contributed by atoms with Crippen LogP contribution in [0, 0.1) is 50.4 Å². The van der Waals surface area contributed by atoms with Crippen molar-refractivity contribution in [1.29, 1.82) is 10.5 Å². The Balaban J connectivity index is 2.89. The van der Waals surface area contributed by atoms with E-state index in [1.54, 1.807) is 22.7 Å². The van der Waals surface area contributed by atoms with Crippen LogP contribution in [0.5, 0.6) is 0 Å². The monoisotopic (exact) mass is 354 g/mol. The van der Waals surface area contributed by atoms with Crippen molar-refractivity contribution in [2.45, 2.75) is 54.4 Å². The first-order chi connectivity index (χ1) is 11.4. The maximum absolute atomic E-state index is 9.91. The van der Waals surface area contributed by atoms with Crippen molar-refractivity contribution >= 4 is 33.8 Å². The highest BCUT2D eigenvalue weighted by Crippen LogP contribution is 2.40. The quantitative estimate of drug-likeness (QED) is 0.620. The highest BCUT2D eigenvalue weighted by Gasteiger charge is 2.23. The third kappa shape index (κ3) is 2.93. The highest BCUT2D eigenvalue weighted by molar-refractivity contribution is 7.12. The summed E-state index contributed by atoms with van der Waals surface area (Å²) < 4.78 is 0. The van der Waals surface area contributed by atoms with Crippen LogP contribution < -0.4 is 0 Å². The fourth-order valence-corrected chi connectivity index (χ4v) is 5.27. The van der Waals surface area contributed by atoms with E-state index in [-0.39, 0.29) is 0 Å². The molecule has 0 saturated heterocycles. The molecule has 4 heteroatoms. The standard InChI is InChI=1S/C20H22N2S2/c1-7-17-19(11(3)13(5)23-17)15(9-21)16(10-22)20-12(4)14(6)24-18(20)8-2/h7-8H2,1-6H3/b16-15-. The van der Waals surface area contributed by atoms with Gasteiger partial charge in [0.05, 0.1) is 11.1 Å². The molecule has 124 valence electrons. The van der Waals surface area contributed by atoms with Crippen LogP contribution in [0.15, 0.2) is 0 Å². The van der Waals surface area contributed by atoms with Gasteiger partial charge in [-0.1, -0.05) is 13.8 Å². The van der Waals surface area contributed by atoms with Crippen molar-refractivity contribution < 1.29 is 0 Å². The first kappa shape index (κ1) is 18.5. The zero-order valence-electron chi connectivity index (χ0n) is 15.1. The Labute approximate surface area is 152 Å². The van der Waals surface area contributed by atoms with E-state index in [4.69, 9.17) is 0 Å². The molecule has 2 aromatic rings. The van der Waals surface area contributed by atoms with Crippen LogP contribution in [0.3, 0.4) is 0 Å². The van der Waals surface area contributed by atoms with E-state index >= 15 is 0 Å². The second kappa shape index (κ2) is 7.34. The van der Waals surface area contributed by atoms with E-state index in [1.165, 1.54) is 19.5 Å². The summed E-state index contributed by atoms with van der Waals surface area (Å²) in [6.45, 7) is 12.5. The number of allylic oxidation sites excluding steroid dienone is 2. The van der Waals surface area contributed by atoms with E-state index in [0.717, 1.165) is 35.1 Å². The maximum atomic E-state index is 9.91. The zero-order valence-corrected chi connectivity index (χ0v) is 16.8. The molecule has 2 rings (SSSR count). The number of aryl methyl sites for hydroxylation is 4. The van der Waals surface area contributed by atoms with Gasteiger partial charge in [-0.3, -0.25) is 0 Å². The average Bonchev–Trinajstić information content (AvgIpc) is 3.02. The fraction of sp³-hybridized carbons (Fsp3) is 0.400. The van der Waals surface area contributed by atoms with Gasteiger partial charge in [0.15, 0.2) is 0 Å². The number of hydrogen-bond acceptors (Lipinski definition) is 4. The average molecular weight is 355 g/mol. The Morgan fingerprint density at radius 2 is 1.08 bits per heavy atom. The lowest BCUT2D eigenvalue weighted by Crippen LogP contribution is -1.96. The molecule has 0 fully saturated rings. The van der Waals surface area contributed by atoms with Crippen LogP contribution in [-0.4, -0.2) is 0 Å². The Kier molecular flexibility index (Phi) is 5.65. The Morgan fingerprint density at radius 3 is 1.33 bits per heavy atom. The summed E-state index contributed by atoms with van der Waals surface area (Å²) in [5.41, 5.74) is 5.28. The van der Waals surface area contributed by atoms with Gasteiger partial charge >= 0.3 is 0 Å². The number of thiophene rings is 2. The number of nitriles is 2. The lowest BCUT2D eigenvalue weighted by Gasteiger charge is -2.09. The van der Waals surface area contributed by atoms with Crippen LogP contribution in [0.2, 0.25) is 0 Å². The number of hydrogen-bond donors (Lipinski definition) is 0. The number of rotatable bonds is 4. The molecule has 0 atom stereocenters. The van der Waals surface area contributed by atoms with Gasteiger partial charge in [-0.15, -0.1) is 22.7 Å². The van der Waals surface area contributed by atoms with E-state index in [2.05, 4.69) is 53.7 Å². The van der Waals surface area contributed by atoms with E-state index < -0.39 is 0 Å². The maximum Gasteiger partial charge on any atom is 0.101 e. The fourth-order valence-electron chi connectivity index (χ4n) is 3.02. The molecule has 0 bridgehead atoms. The first-order valence-electron chi connectivity index (χ1n) is 8.14. The molecule has 2 nitrogen and oxygen atoms in total. The topological polar surface area (TPSA) is 47.6 Å². The van der Waals surface area contributed by atoms with Gasteiger partial charge in [0.2, 0.25) is 0 Å². The Morgan fingerprint density at radius 1 is 0.750 bits per heavy atom. The molecule has 0 unspecified atom stereocenters. The van der Waals surface area contributed by atoms with Crippen molar-refractivity contribution in [3.8, 4) is 12.1 Å². The van der Waals surface area contributed by atoms with E-state index in [1.807, 2.05) is 0 Å². The van der Waals surface area contributed by atoms with Gasteiger partial charge in [0, 0.05) is 30.6 Å². The summed E-state index contributed by atoms with van der Waals surface area (Å²) in [4.78, 5) is 4.83. The van der Waals surface area contributed by atoms with Crippen LogP contribution in [0.4, 0.5) is 0 Å². The Hall–Kier alpha value is -1.88. The predicted molar refractivity (Wildman–Crippen MR) is 104 cm³/mol. The van der Waals surface area contributed by atoms with E-state index in [0.29, 0.717) is 11.1 Å². The molecule has 0 aliphatic heterocycles. The van der Waals surface area contributed by atoms with Gasteiger partial charge in [-0.25, -0.2) is 0 Å². The predicted octanol–water partition coefficient (Wildman–Crippen LogP) is 6.13. The third-order valence-electron chi connectivity index (χ3n) is 4.53. The molecule has 0 amide bonds. The lowest BCUT2D eigenvalue weighted by atomic mass is 9.91. The van der Waals surface area contributed by atoms with E-state index in [9.17, 15) is 10.5 Å². The summed E-state index contributed by atoms with van der Waals surface area (Å²) in [5, 5.41) is 19.8. The summed E-state index contributed by atoms with van der Waals surface area (Å²) >= 11 is 3.47. The third-order valence-corrected chi connectivity index (χ3v) is 7.24. The minimum Gasteiger partial charge on any atom is -0.192 e. The SMILES string of the molecule is CCc1sc(C)c(C)c1/C(C#N)=C(/C#N)c1c(CC)sc(C)c1C. The van der Waals surface area contributed by atoms with Gasteiger partial charge in [0.1, 0.15) is 12.1 Å². The molecular formula is C20H22N2S2. The van der Waals surface area contributed by atoms with Crippen molar-refractivity contribution in [2.24, 2.45) is 0 Å². The van der Waals surface area contributed by atoms with Crippen LogP contribution in [-0.2, 0) is 12.8 Å². The van der Waals surface area contributed by atoms with Gasteiger partial charge < -0.3 is 0 Å². The second-order valence-corrected chi connectivity index (χ2v) is 8.46. The molecule has 0 aliphatic rings. The summed E-state index contributed by atoms with van der Waals surface area (Å²) in [5.74, 6) is 0. The smallest absolute Gasteiger partial charge is 0.101 e. The summed E-state index contributed by atoms with van der Waals surface area (Å²) in [6, 6.07) is 4.71. The van der Waals surface area contributed by atoms with Crippen LogP contribution in [0.1, 0.15) is 55.6 Å². The normalized spacial score (nSPS) is 11.8. The van der Waals surface area contributed by atoms with Crippen molar-refractivity contribution in [3.05, 3.63) is 41.8 Å². The molecule has 0 N–H and O–H groups in total. The highest BCUT2D eigenvalue weighted by atomic mass is 32.1. The molecule has 0 aromatic carbocycles. The molecule has 0 saturated carbocycles. The lowest BCUT2D eigenvalue weighted by molar-refractivity contribution is 1.17. The molecular weight excluding hydrogens is 332 g/mol. The largest absolute Gasteiger partial charge is 0.192 e. The van der Waals surface area contributed by atoms with Crippen molar-refractivity contribution in [3.63, 3.8) is 0 Å². The van der Waals surface area contributed by atoms with Crippen LogP contribution >= 0.6 is 22.7 Å².